The highest BCUT2D eigenvalue weighted by molar-refractivity contribution is 5.66. The van der Waals surface area contributed by atoms with Crippen LogP contribution in [0.5, 0.6) is 0 Å². The van der Waals surface area contributed by atoms with Crippen LogP contribution in [0.4, 0.5) is 4.39 Å². The number of carboxylic acids is 1. The number of hydrogen-bond acceptors (Lipinski definition) is 4. The molecule has 4 atom stereocenters. The monoisotopic (exact) mass is 532 g/mol. The minimum atomic E-state index is -0.786. The SMILES string of the molecule is O=C(O)CCCC=CC[C@@H]1[C@@H](COCc2ccc(F)cc2)[C@H](O)C[C@@H]1OCc1ccc(-c2ccccc2)cc1. The second-order valence-corrected chi connectivity index (χ2v) is 10.2. The summed E-state index contributed by atoms with van der Waals surface area (Å²) >= 11 is 0. The topological polar surface area (TPSA) is 76.0 Å². The normalized spacial score (nSPS) is 21.0. The summed E-state index contributed by atoms with van der Waals surface area (Å²) in [6, 6.07) is 24.8. The van der Waals surface area contributed by atoms with Crippen molar-refractivity contribution < 1.29 is 28.9 Å². The van der Waals surface area contributed by atoms with Crippen LogP contribution in [0.15, 0.2) is 91.0 Å². The van der Waals surface area contributed by atoms with Crippen molar-refractivity contribution in [1.29, 1.82) is 0 Å². The standard InChI is InChI=1S/C33H37FO5/c34-28-18-14-24(15-19-28)21-38-23-30-29(10-6-1-2-7-11-33(36)37)32(20-31(30)35)39-22-25-12-16-27(17-13-25)26-8-4-3-5-9-26/h1,3-6,8-9,12-19,29-32,35H,2,7,10-11,20-23H2,(H,36,37)/t29-,30-,31-,32+/m1/s1. The van der Waals surface area contributed by atoms with Gasteiger partial charge >= 0.3 is 5.97 Å². The van der Waals surface area contributed by atoms with E-state index in [1.54, 1.807) is 12.1 Å². The number of benzene rings is 3. The number of aliphatic carboxylic acids is 1. The van der Waals surface area contributed by atoms with E-state index in [-0.39, 0.29) is 30.2 Å². The van der Waals surface area contributed by atoms with Crippen LogP contribution in [-0.2, 0) is 27.5 Å². The van der Waals surface area contributed by atoms with Crippen LogP contribution in [0.3, 0.4) is 0 Å². The Labute approximate surface area is 229 Å². The average Bonchev–Trinajstić information content (AvgIpc) is 3.25. The molecule has 1 aliphatic rings. The maximum absolute atomic E-state index is 13.2. The molecule has 0 radical (unpaired) electrons. The second kappa shape index (κ2) is 14.7. The molecule has 0 heterocycles. The molecular formula is C33H37FO5. The van der Waals surface area contributed by atoms with Gasteiger partial charge in [-0.2, -0.15) is 0 Å². The molecule has 0 aliphatic heterocycles. The van der Waals surface area contributed by atoms with Crippen LogP contribution < -0.4 is 0 Å². The van der Waals surface area contributed by atoms with Crippen molar-refractivity contribution in [2.24, 2.45) is 11.8 Å². The fourth-order valence-electron chi connectivity index (χ4n) is 5.16. The zero-order valence-electron chi connectivity index (χ0n) is 22.1. The molecule has 1 aliphatic carbocycles. The fraction of sp³-hybridized carbons (Fsp3) is 0.364. The van der Waals surface area contributed by atoms with Gasteiger partial charge in [0.05, 0.1) is 32.0 Å². The molecule has 4 rings (SSSR count). The van der Waals surface area contributed by atoms with E-state index in [0.29, 0.717) is 45.5 Å². The molecule has 0 saturated heterocycles. The van der Waals surface area contributed by atoms with Gasteiger partial charge in [-0.3, -0.25) is 4.79 Å². The van der Waals surface area contributed by atoms with Gasteiger partial charge in [0.15, 0.2) is 0 Å². The summed E-state index contributed by atoms with van der Waals surface area (Å²) < 4.78 is 25.5. The van der Waals surface area contributed by atoms with Crippen LogP contribution in [-0.4, -0.2) is 35.0 Å². The Morgan fingerprint density at radius 1 is 0.872 bits per heavy atom. The van der Waals surface area contributed by atoms with E-state index >= 15 is 0 Å². The van der Waals surface area contributed by atoms with Gasteiger partial charge in [0, 0.05) is 18.8 Å². The Balaban J connectivity index is 1.35. The van der Waals surface area contributed by atoms with E-state index in [4.69, 9.17) is 14.6 Å². The zero-order valence-corrected chi connectivity index (χ0v) is 22.1. The first-order valence-corrected chi connectivity index (χ1v) is 13.6. The summed E-state index contributed by atoms with van der Waals surface area (Å²) in [7, 11) is 0. The number of aliphatic hydroxyl groups excluding tert-OH is 1. The van der Waals surface area contributed by atoms with E-state index in [1.165, 1.54) is 17.7 Å². The summed E-state index contributed by atoms with van der Waals surface area (Å²) in [6.07, 6.45) is 6.12. The van der Waals surface area contributed by atoms with E-state index in [0.717, 1.165) is 16.7 Å². The fourth-order valence-corrected chi connectivity index (χ4v) is 5.16. The van der Waals surface area contributed by atoms with Gasteiger partial charge in [0.2, 0.25) is 0 Å². The third kappa shape index (κ3) is 8.85. The summed E-state index contributed by atoms with van der Waals surface area (Å²) in [6.45, 7) is 1.18. The smallest absolute Gasteiger partial charge is 0.303 e. The third-order valence-corrected chi connectivity index (χ3v) is 7.35. The molecule has 1 saturated carbocycles. The summed E-state index contributed by atoms with van der Waals surface area (Å²) in [4.78, 5) is 10.8. The number of ether oxygens (including phenoxy) is 2. The molecule has 0 bridgehead atoms. The van der Waals surface area contributed by atoms with Gasteiger partial charge in [-0.15, -0.1) is 0 Å². The molecule has 1 fully saturated rings. The first kappa shape index (κ1) is 28.7. The highest BCUT2D eigenvalue weighted by atomic mass is 19.1. The molecule has 6 heteroatoms. The predicted octanol–water partition coefficient (Wildman–Crippen LogP) is 6.79. The van der Waals surface area contributed by atoms with Crippen molar-refractivity contribution in [2.45, 2.75) is 57.5 Å². The van der Waals surface area contributed by atoms with Crippen molar-refractivity contribution in [3.8, 4) is 11.1 Å². The zero-order chi connectivity index (χ0) is 27.5. The van der Waals surface area contributed by atoms with E-state index in [1.807, 2.05) is 24.3 Å². The Morgan fingerprint density at radius 3 is 2.26 bits per heavy atom. The molecule has 3 aromatic carbocycles. The van der Waals surface area contributed by atoms with E-state index in [9.17, 15) is 14.3 Å². The lowest BCUT2D eigenvalue weighted by Gasteiger charge is -2.25. The number of allylic oxidation sites excluding steroid dienone is 2. The molecule has 0 unspecified atom stereocenters. The number of halogens is 1. The predicted molar refractivity (Wildman–Crippen MR) is 149 cm³/mol. The first-order chi connectivity index (χ1) is 19.0. The van der Waals surface area contributed by atoms with Gasteiger partial charge < -0.3 is 19.7 Å². The molecule has 0 aromatic heterocycles. The summed E-state index contributed by atoms with van der Waals surface area (Å²) in [5, 5.41) is 19.8. The molecule has 3 aromatic rings. The third-order valence-electron chi connectivity index (χ3n) is 7.35. The number of unbranched alkanes of at least 4 members (excludes halogenated alkanes) is 1. The average molecular weight is 533 g/mol. The highest BCUT2D eigenvalue weighted by Crippen LogP contribution is 2.38. The van der Waals surface area contributed by atoms with Crippen LogP contribution in [0, 0.1) is 17.7 Å². The lowest BCUT2D eigenvalue weighted by Crippen LogP contribution is -2.27. The highest BCUT2D eigenvalue weighted by Gasteiger charge is 2.42. The van der Waals surface area contributed by atoms with Gasteiger partial charge in [-0.05, 0) is 59.6 Å². The quantitative estimate of drug-likeness (QED) is 0.177. The molecule has 0 spiro atoms. The lowest BCUT2D eigenvalue weighted by atomic mass is 9.91. The number of aliphatic hydroxyl groups is 1. The van der Waals surface area contributed by atoms with Crippen molar-refractivity contribution >= 4 is 5.97 Å². The van der Waals surface area contributed by atoms with Crippen LogP contribution in [0.25, 0.3) is 11.1 Å². The van der Waals surface area contributed by atoms with E-state index in [2.05, 4.69) is 42.5 Å². The summed E-state index contributed by atoms with van der Waals surface area (Å²) in [5.41, 5.74) is 4.27. The Kier molecular flexibility index (Phi) is 10.8. The lowest BCUT2D eigenvalue weighted by molar-refractivity contribution is -0.137. The van der Waals surface area contributed by atoms with Gasteiger partial charge in [0.25, 0.3) is 0 Å². The van der Waals surface area contributed by atoms with E-state index < -0.39 is 12.1 Å². The number of carboxylic acid groups (broad SMARTS) is 1. The molecule has 206 valence electrons. The van der Waals surface area contributed by atoms with Gasteiger partial charge in [-0.1, -0.05) is 78.9 Å². The minimum absolute atomic E-state index is 0.0625. The Hall–Kier alpha value is -3.32. The van der Waals surface area contributed by atoms with Crippen molar-refractivity contribution in [3.05, 3.63) is 108 Å². The Morgan fingerprint density at radius 2 is 1.54 bits per heavy atom. The number of rotatable bonds is 14. The maximum Gasteiger partial charge on any atom is 0.303 e. The van der Waals surface area contributed by atoms with Crippen molar-refractivity contribution in [2.75, 3.05) is 6.61 Å². The van der Waals surface area contributed by atoms with Gasteiger partial charge in [0.1, 0.15) is 5.82 Å². The first-order valence-electron chi connectivity index (χ1n) is 13.6. The van der Waals surface area contributed by atoms with Crippen molar-refractivity contribution in [1.82, 2.24) is 0 Å². The molecular weight excluding hydrogens is 495 g/mol. The van der Waals surface area contributed by atoms with Crippen LogP contribution in [0.2, 0.25) is 0 Å². The molecule has 0 amide bonds. The van der Waals surface area contributed by atoms with Crippen LogP contribution >= 0.6 is 0 Å². The number of hydrogen-bond donors (Lipinski definition) is 2. The largest absolute Gasteiger partial charge is 0.481 e. The van der Waals surface area contributed by atoms with Crippen LogP contribution in [0.1, 0.15) is 43.2 Å². The molecule has 39 heavy (non-hydrogen) atoms. The number of carbonyl (C=O) groups is 1. The minimum Gasteiger partial charge on any atom is -0.481 e. The maximum atomic E-state index is 13.2. The molecule has 2 N–H and O–H groups in total. The second-order valence-electron chi connectivity index (χ2n) is 10.2. The van der Waals surface area contributed by atoms with Gasteiger partial charge in [-0.25, -0.2) is 4.39 Å². The van der Waals surface area contributed by atoms with Crippen molar-refractivity contribution in [3.63, 3.8) is 0 Å². The Bertz CT molecular complexity index is 1180. The molecule has 5 nitrogen and oxygen atoms in total. The summed E-state index contributed by atoms with van der Waals surface area (Å²) in [5.74, 6) is -1.10.